The van der Waals surface area contributed by atoms with Crippen molar-refractivity contribution in [3.05, 3.63) is 24.3 Å². The molecule has 0 fully saturated rings. The summed E-state index contributed by atoms with van der Waals surface area (Å²) in [5, 5.41) is 14.2. The quantitative estimate of drug-likeness (QED) is 0.909. The molecule has 6 heteroatoms. The number of nitrogens with zero attached hydrogens (tertiary/aromatic N) is 4. The van der Waals surface area contributed by atoms with Gasteiger partial charge in [0.15, 0.2) is 5.82 Å². The second-order valence-electron chi connectivity index (χ2n) is 4.85. The number of rotatable bonds is 4. The summed E-state index contributed by atoms with van der Waals surface area (Å²) in [5.41, 5.74) is 1.63. The molecule has 2 rings (SSSR count). The molecule has 0 spiro atoms. The normalized spacial score (nSPS) is 10.7. The lowest BCUT2D eigenvalue weighted by atomic mass is 10.1. The molecule has 0 bridgehead atoms. The van der Waals surface area contributed by atoms with Gasteiger partial charge in [-0.1, -0.05) is 26.0 Å². The van der Waals surface area contributed by atoms with E-state index in [9.17, 15) is 4.79 Å². The Bertz CT molecular complexity index is 576. The zero-order chi connectivity index (χ0) is 13.8. The van der Waals surface area contributed by atoms with Gasteiger partial charge in [0.05, 0.1) is 0 Å². The molecular formula is C13H17N5O. The van der Waals surface area contributed by atoms with Crippen LogP contribution in [0.2, 0.25) is 0 Å². The summed E-state index contributed by atoms with van der Waals surface area (Å²) < 4.78 is 1.59. The molecule has 0 radical (unpaired) electrons. The lowest BCUT2D eigenvalue weighted by Crippen LogP contribution is -2.13. The highest BCUT2D eigenvalue weighted by atomic mass is 16.1. The minimum atomic E-state index is 0.0169. The SMILES string of the molecule is CC(C)CC(=O)Nc1cccc(-c2nnnn2C)c1. The van der Waals surface area contributed by atoms with Crippen molar-refractivity contribution in [2.45, 2.75) is 20.3 Å². The van der Waals surface area contributed by atoms with Crippen LogP contribution < -0.4 is 5.32 Å². The van der Waals surface area contributed by atoms with Crippen molar-refractivity contribution in [3.63, 3.8) is 0 Å². The van der Waals surface area contributed by atoms with E-state index >= 15 is 0 Å². The van der Waals surface area contributed by atoms with Crippen molar-refractivity contribution in [1.82, 2.24) is 20.2 Å². The van der Waals surface area contributed by atoms with E-state index in [1.165, 1.54) is 0 Å². The fraction of sp³-hybridized carbons (Fsp3) is 0.385. The standard InChI is InChI=1S/C13H17N5O/c1-9(2)7-12(19)14-11-6-4-5-10(8-11)13-15-16-17-18(13)3/h4-6,8-9H,7H2,1-3H3,(H,14,19). The number of hydrogen-bond donors (Lipinski definition) is 1. The predicted octanol–water partition coefficient (Wildman–Crippen LogP) is 1.86. The van der Waals surface area contributed by atoms with Gasteiger partial charge in [-0.25, -0.2) is 4.68 Å². The van der Waals surface area contributed by atoms with Crippen LogP contribution in [0.15, 0.2) is 24.3 Å². The molecule has 19 heavy (non-hydrogen) atoms. The third-order valence-electron chi connectivity index (χ3n) is 2.62. The van der Waals surface area contributed by atoms with Crippen LogP contribution in [0, 0.1) is 5.92 Å². The van der Waals surface area contributed by atoms with Crippen molar-refractivity contribution in [3.8, 4) is 11.4 Å². The van der Waals surface area contributed by atoms with E-state index in [1.54, 1.807) is 11.7 Å². The Morgan fingerprint density at radius 2 is 2.21 bits per heavy atom. The smallest absolute Gasteiger partial charge is 0.224 e. The first-order valence-electron chi connectivity index (χ1n) is 6.19. The molecule has 0 aliphatic heterocycles. The van der Waals surface area contributed by atoms with Gasteiger partial charge in [-0.3, -0.25) is 4.79 Å². The lowest BCUT2D eigenvalue weighted by Gasteiger charge is -2.08. The maximum absolute atomic E-state index is 11.7. The Morgan fingerprint density at radius 1 is 1.42 bits per heavy atom. The van der Waals surface area contributed by atoms with E-state index in [2.05, 4.69) is 20.8 Å². The summed E-state index contributed by atoms with van der Waals surface area (Å²) in [6.07, 6.45) is 0.510. The summed E-state index contributed by atoms with van der Waals surface area (Å²) in [6, 6.07) is 7.49. The van der Waals surface area contributed by atoms with Crippen molar-refractivity contribution in [2.24, 2.45) is 13.0 Å². The number of hydrogen-bond acceptors (Lipinski definition) is 4. The van der Waals surface area contributed by atoms with Gasteiger partial charge in [-0.05, 0) is 28.5 Å². The van der Waals surface area contributed by atoms with Gasteiger partial charge in [-0.2, -0.15) is 0 Å². The van der Waals surface area contributed by atoms with Crippen LogP contribution in [-0.2, 0) is 11.8 Å². The fourth-order valence-electron chi connectivity index (χ4n) is 1.79. The summed E-state index contributed by atoms with van der Waals surface area (Å²) in [4.78, 5) is 11.7. The van der Waals surface area contributed by atoms with Crippen LogP contribution in [0.4, 0.5) is 5.69 Å². The molecule has 100 valence electrons. The molecule has 2 aromatic rings. The summed E-state index contributed by atoms with van der Waals surface area (Å²) in [7, 11) is 1.78. The number of anilines is 1. The minimum Gasteiger partial charge on any atom is -0.326 e. The molecule has 0 saturated heterocycles. The number of carbonyl (C=O) groups is 1. The maximum Gasteiger partial charge on any atom is 0.224 e. The van der Waals surface area contributed by atoms with E-state index < -0.39 is 0 Å². The Hall–Kier alpha value is -2.24. The molecule has 1 aromatic carbocycles. The molecule has 6 nitrogen and oxygen atoms in total. The van der Waals surface area contributed by atoms with E-state index in [4.69, 9.17) is 0 Å². The average molecular weight is 259 g/mol. The Morgan fingerprint density at radius 3 is 2.84 bits per heavy atom. The monoisotopic (exact) mass is 259 g/mol. The number of nitrogens with one attached hydrogen (secondary N) is 1. The topological polar surface area (TPSA) is 72.7 Å². The Balaban J connectivity index is 2.16. The number of aryl methyl sites for hydroxylation is 1. The molecule has 0 atom stereocenters. The Labute approximate surface area is 111 Å². The first-order chi connectivity index (χ1) is 9.06. The molecule has 1 heterocycles. The second-order valence-corrected chi connectivity index (χ2v) is 4.85. The largest absolute Gasteiger partial charge is 0.326 e. The Kier molecular flexibility index (Phi) is 3.89. The summed E-state index contributed by atoms with van der Waals surface area (Å²) in [6.45, 7) is 4.03. The molecule has 1 aromatic heterocycles. The van der Waals surface area contributed by atoms with Crippen LogP contribution in [0.3, 0.4) is 0 Å². The number of carbonyl (C=O) groups excluding carboxylic acids is 1. The van der Waals surface area contributed by atoms with Gasteiger partial charge in [-0.15, -0.1) is 5.10 Å². The molecule has 0 aliphatic rings. The number of aromatic nitrogens is 4. The zero-order valence-corrected chi connectivity index (χ0v) is 11.3. The van der Waals surface area contributed by atoms with E-state index in [-0.39, 0.29) is 5.91 Å². The fourth-order valence-corrected chi connectivity index (χ4v) is 1.79. The molecular weight excluding hydrogens is 242 g/mol. The number of benzene rings is 1. The van der Waals surface area contributed by atoms with Gasteiger partial charge >= 0.3 is 0 Å². The van der Waals surface area contributed by atoms with E-state index in [0.717, 1.165) is 11.3 Å². The maximum atomic E-state index is 11.7. The predicted molar refractivity (Wildman–Crippen MR) is 72.3 cm³/mol. The first-order valence-corrected chi connectivity index (χ1v) is 6.19. The highest BCUT2D eigenvalue weighted by molar-refractivity contribution is 5.91. The van der Waals surface area contributed by atoms with Gasteiger partial charge in [0.25, 0.3) is 0 Å². The third-order valence-corrected chi connectivity index (χ3v) is 2.62. The highest BCUT2D eigenvalue weighted by Gasteiger charge is 2.08. The van der Waals surface area contributed by atoms with Crippen LogP contribution in [0.1, 0.15) is 20.3 Å². The molecule has 1 amide bonds. The van der Waals surface area contributed by atoms with Gasteiger partial charge in [0, 0.05) is 24.7 Å². The molecule has 0 saturated carbocycles. The van der Waals surface area contributed by atoms with Gasteiger partial charge in [0.1, 0.15) is 0 Å². The number of amides is 1. The average Bonchev–Trinajstić information content (AvgIpc) is 2.74. The van der Waals surface area contributed by atoms with Crippen LogP contribution >= 0.6 is 0 Å². The first kappa shape index (κ1) is 13.2. The van der Waals surface area contributed by atoms with Gasteiger partial charge < -0.3 is 5.32 Å². The summed E-state index contributed by atoms with van der Waals surface area (Å²) >= 11 is 0. The van der Waals surface area contributed by atoms with Crippen molar-refractivity contribution < 1.29 is 4.79 Å². The number of tetrazole rings is 1. The zero-order valence-electron chi connectivity index (χ0n) is 11.3. The van der Waals surface area contributed by atoms with Gasteiger partial charge in [0.2, 0.25) is 5.91 Å². The third kappa shape index (κ3) is 3.37. The van der Waals surface area contributed by atoms with Crippen molar-refractivity contribution in [2.75, 3.05) is 5.32 Å². The van der Waals surface area contributed by atoms with Crippen LogP contribution in [-0.4, -0.2) is 26.1 Å². The van der Waals surface area contributed by atoms with Crippen molar-refractivity contribution >= 4 is 11.6 Å². The van der Waals surface area contributed by atoms with Crippen molar-refractivity contribution in [1.29, 1.82) is 0 Å². The lowest BCUT2D eigenvalue weighted by molar-refractivity contribution is -0.116. The van der Waals surface area contributed by atoms with E-state index in [0.29, 0.717) is 18.2 Å². The van der Waals surface area contributed by atoms with Crippen LogP contribution in [0.5, 0.6) is 0 Å². The van der Waals surface area contributed by atoms with E-state index in [1.807, 2.05) is 38.1 Å². The molecule has 1 N–H and O–H groups in total. The van der Waals surface area contributed by atoms with Crippen LogP contribution in [0.25, 0.3) is 11.4 Å². The second kappa shape index (κ2) is 5.60. The summed E-state index contributed by atoms with van der Waals surface area (Å²) in [5.74, 6) is 1.02. The highest BCUT2D eigenvalue weighted by Crippen LogP contribution is 2.19. The molecule has 0 aliphatic carbocycles. The minimum absolute atomic E-state index is 0.0169. The molecule has 0 unspecified atom stereocenters.